The van der Waals surface area contributed by atoms with E-state index in [1.165, 1.54) is 19.4 Å². The first-order valence-corrected chi connectivity index (χ1v) is 6.68. The Hall–Kier alpha value is -1.33. The van der Waals surface area contributed by atoms with E-state index in [9.17, 15) is 4.79 Å². The lowest BCUT2D eigenvalue weighted by atomic mass is 10.2. The Morgan fingerprint density at radius 1 is 1.63 bits per heavy atom. The van der Waals surface area contributed by atoms with E-state index in [0.717, 1.165) is 18.7 Å². The number of carboxylic acid groups (broad SMARTS) is 1. The number of hydrogen-bond acceptors (Lipinski definition) is 4. The molecule has 106 valence electrons. The Balaban J connectivity index is 1.94. The van der Waals surface area contributed by atoms with Crippen LogP contribution in [-0.2, 0) is 6.54 Å². The lowest BCUT2D eigenvalue weighted by Crippen LogP contribution is -2.36. The lowest BCUT2D eigenvalue weighted by Gasteiger charge is -2.25. The summed E-state index contributed by atoms with van der Waals surface area (Å²) in [5, 5.41) is 8.91. The maximum absolute atomic E-state index is 10.9. The molecule has 1 N–H and O–H groups in total. The molecule has 1 aliphatic heterocycles. The van der Waals surface area contributed by atoms with Crippen LogP contribution in [0.2, 0.25) is 0 Å². The molecule has 1 unspecified atom stereocenters. The van der Waals surface area contributed by atoms with Gasteiger partial charge in [-0.25, -0.2) is 4.79 Å². The van der Waals surface area contributed by atoms with Crippen LogP contribution >= 0.6 is 0 Å². The monoisotopic (exact) mass is 266 g/mol. The van der Waals surface area contributed by atoms with Crippen molar-refractivity contribution >= 4 is 5.97 Å². The quantitative estimate of drug-likeness (QED) is 0.881. The van der Waals surface area contributed by atoms with Crippen molar-refractivity contribution in [1.29, 1.82) is 0 Å². The number of carboxylic acids is 1. The van der Waals surface area contributed by atoms with Gasteiger partial charge in [0.05, 0.1) is 0 Å². The molecule has 0 bridgehead atoms. The number of likely N-dealkylation sites (tertiary alicyclic amines) is 1. The van der Waals surface area contributed by atoms with E-state index in [2.05, 4.69) is 23.9 Å². The lowest BCUT2D eigenvalue weighted by molar-refractivity contribution is 0.0661. The number of likely N-dealkylation sites (N-methyl/N-ethyl adjacent to an activating group) is 2. The van der Waals surface area contributed by atoms with Crippen molar-refractivity contribution in [2.24, 2.45) is 0 Å². The van der Waals surface area contributed by atoms with E-state index in [-0.39, 0.29) is 5.76 Å². The van der Waals surface area contributed by atoms with Crippen molar-refractivity contribution in [2.75, 3.05) is 27.2 Å². The zero-order valence-electron chi connectivity index (χ0n) is 11.8. The second kappa shape index (κ2) is 5.75. The Morgan fingerprint density at radius 3 is 2.89 bits per heavy atom. The molecular formula is C14H22N2O3. The Labute approximate surface area is 113 Å². The van der Waals surface area contributed by atoms with Gasteiger partial charge in [-0.05, 0) is 46.5 Å². The van der Waals surface area contributed by atoms with Gasteiger partial charge in [-0.1, -0.05) is 0 Å². The van der Waals surface area contributed by atoms with Crippen molar-refractivity contribution in [3.63, 3.8) is 0 Å². The number of rotatable bonds is 5. The van der Waals surface area contributed by atoms with Crippen LogP contribution in [-0.4, -0.2) is 54.1 Å². The van der Waals surface area contributed by atoms with Gasteiger partial charge < -0.3 is 19.3 Å². The fourth-order valence-electron chi connectivity index (χ4n) is 2.71. The first-order valence-electron chi connectivity index (χ1n) is 6.68. The van der Waals surface area contributed by atoms with Crippen LogP contribution in [0.1, 0.15) is 34.7 Å². The van der Waals surface area contributed by atoms with Crippen LogP contribution in [0.15, 0.2) is 10.5 Å². The fraction of sp³-hybridized carbons (Fsp3) is 0.643. The molecule has 1 saturated heterocycles. The third kappa shape index (κ3) is 3.36. The van der Waals surface area contributed by atoms with Gasteiger partial charge in [-0.2, -0.15) is 0 Å². The molecule has 0 spiro atoms. The normalized spacial score (nSPS) is 20.3. The maximum atomic E-state index is 10.9. The standard InChI is InChI=1S/C14H22N2O3/c1-10-11(7-13(19-10)14(17)18)8-15(2)9-12-5-4-6-16(12)3/h7,12H,4-6,8-9H2,1-3H3,(H,17,18). The van der Waals surface area contributed by atoms with Crippen LogP contribution < -0.4 is 0 Å². The van der Waals surface area contributed by atoms with Gasteiger partial charge in [-0.15, -0.1) is 0 Å². The molecule has 0 amide bonds. The topological polar surface area (TPSA) is 56.9 Å². The minimum absolute atomic E-state index is 0.0267. The SMILES string of the molecule is Cc1oc(C(=O)O)cc1CN(C)CC1CCCN1C. The van der Waals surface area contributed by atoms with Crippen LogP contribution in [0.3, 0.4) is 0 Å². The number of aromatic carboxylic acids is 1. The molecule has 1 aliphatic rings. The van der Waals surface area contributed by atoms with Gasteiger partial charge in [0.15, 0.2) is 0 Å². The Kier molecular flexibility index (Phi) is 4.27. The molecule has 1 aromatic rings. The largest absolute Gasteiger partial charge is 0.475 e. The number of nitrogens with zero attached hydrogens (tertiary/aromatic N) is 2. The molecule has 1 aromatic heterocycles. The van der Waals surface area contributed by atoms with E-state index >= 15 is 0 Å². The second-order valence-corrected chi connectivity index (χ2v) is 5.47. The van der Waals surface area contributed by atoms with Crippen molar-refractivity contribution in [3.8, 4) is 0 Å². The average molecular weight is 266 g/mol. The summed E-state index contributed by atoms with van der Waals surface area (Å²) >= 11 is 0. The van der Waals surface area contributed by atoms with Gasteiger partial charge in [-0.3, -0.25) is 0 Å². The van der Waals surface area contributed by atoms with E-state index < -0.39 is 5.97 Å². The molecule has 19 heavy (non-hydrogen) atoms. The molecule has 0 aliphatic carbocycles. The van der Waals surface area contributed by atoms with Crippen molar-refractivity contribution in [2.45, 2.75) is 32.4 Å². The Bertz CT molecular complexity index is 456. The first kappa shape index (κ1) is 14.1. The Morgan fingerprint density at radius 2 is 2.37 bits per heavy atom. The minimum atomic E-state index is -1.01. The summed E-state index contributed by atoms with van der Waals surface area (Å²) in [5.41, 5.74) is 0.959. The van der Waals surface area contributed by atoms with Gasteiger partial charge in [0.1, 0.15) is 5.76 Å². The van der Waals surface area contributed by atoms with Gasteiger partial charge in [0.2, 0.25) is 5.76 Å². The summed E-state index contributed by atoms with van der Waals surface area (Å²) in [7, 11) is 4.23. The summed E-state index contributed by atoms with van der Waals surface area (Å²) in [4.78, 5) is 15.5. The fourth-order valence-corrected chi connectivity index (χ4v) is 2.71. The van der Waals surface area contributed by atoms with Gasteiger partial charge in [0.25, 0.3) is 0 Å². The first-order chi connectivity index (χ1) is 8.97. The summed E-state index contributed by atoms with van der Waals surface area (Å²) in [6.45, 7) is 4.72. The molecule has 2 heterocycles. The van der Waals surface area contributed by atoms with E-state index in [4.69, 9.17) is 9.52 Å². The molecule has 0 radical (unpaired) electrons. The van der Waals surface area contributed by atoms with Crippen molar-refractivity contribution < 1.29 is 14.3 Å². The van der Waals surface area contributed by atoms with Gasteiger partial charge in [0, 0.05) is 24.7 Å². The molecule has 5 nitrogen and oxygen atoms in total. The third-order valence-corrected chi connectivity index (χ3v) is 3.87. The highest BCUT2D eigenvalue weighted by Crippen LogP contribution is 2.19. The smallest absolute Gasteiger partial charge is 0.371 e. The number of carbonyl (C=O) groups is 1. The number of hydrogen-bond donors (Lipinski definition) is 1. The van der Waals surface area contributed by atoms with Crippen LogP contribution in [0.25, 0.3) is 0 Å². The van der Waals surface area contributed by atoms with Crippen LogP contribution in [0.5, 0.6) is 0 Å². The van der Waals surface area contributed by atoms with Crippen molar-refractivity contribution in [1.82, 2.24) is 9.80 Å². The molecule has 5 heteroatoms. The van der Waals surface area contributed by atoms with Gasteiger partial charge >= 0.3 is 5.97 Å². The summed E-state index contributed by atoms with van der Waals surface area (Å²) < 4.78 is 5.23. The predicted molar refractivity (Wildman–Crippen MR) is 72.4 cm³/mol. The number of furan rings is 1. The molecule has 2 rings (SSSR count). The summed E-state index contributed by atoms with van der Waals surface area (Å²) in [5.74, 6) is -0.282. The minimum Gasteiger partial charge on any atom is -0.475 e. The third-order valence-electron chi connectivity index (χ3n) is 3.87. The zero-order chi connectivity index (χ0) is 14.0. The highest BCUT2D eigenvalue weighted by atomic mass is 16.4. The maximum Gasteiger partial charge on any atom is 0.371 e. The van der Waals surface area contributed by atoms with Crippen LogP contribution in [0.4, 0.5) is 0 Å². The summed E-state index contributed by atoms with van der Waals surface area (Å²) in [6.07, 6.45) is 2.51. The second-order valence-electron chi connectivity index (χ2n) is 5.47. The highest BCUT2D eigenvalue weighted by Gasteiger charge is 2.22. The number of aryl methyl sites for hydroxylation is 1. The van der Waals surface area contributed by atoms with E-state index in [1.807, 2.05) is 6.92 Å². The predicted octanol–water partition coefficient (Wildman–Crippen LogP) is 1.81. The van der Waals surface area contributed by atoms with E-state index in [1.54, 1.807) is 6.07 Å². The van der Waals surface area contributed by atoms with Crippen LogP contribution in [0, 0.1) is 6.92 Å². The zero-order valence-corrected chi connectivity index (χ0v) is 11.8. The van der Waals surface area contributed by atoms with E-state index in [0.29, 0.717) is 11.8 Å². The molecule has 0 aromatic carbocycles. The van der Waals surface area contributed by atoms with Crippen molar-refractivity contribution in [3.05, 3.63) is 23.2 Å². The molecule has 1 fully saturated rings. The highest BCUT2D eigenvalue weighted by molar-refractivity contribution is 5.84. The molecular weight excluding hydrogens is 244 g/mol. The average Bonchev–Trinajstić information content (AvgIpc) is 2.87. The molecule has 0 saturated carbocycles. The summed E-state index contributed by atoms with van der Waals surface area (Å²) in [6, 6.07) is 2.24. The molecule has 1 atom stereocenters.